The molecule has 0 aliphatic rings. The standard InChI is InChI=1S/C11H10O3/c1-7(12)9-3-2-8-4-5-11(13)14-10(8)6-9/h2-7,12H,1H3. The van der Waals surface area contributed by atoms with E-state index < -0.39 is 6.10 Å². The van der Waals surface area contributed by atoms with E-state index in [1.165, 1.54) is 6.07 Å². The lowest BCUT2D eigenvalue weighted by molar-refractivity contribution is 0.199. The Balaban J connectivity index is 2.69. The summed E-state index contributed by atoms with van der Waals surface area (Å²) in [5.41, 5.74) is 0.878. The van der Waals surface area contributed by atoms with Crippen molar-refractivity contribution in [1.29, 1.82) is 0 Å². The van der Waals surface area contributed by atoms with Gasteiger partial charge in [0.2, 0.25) is 0 Å². The summed E-state index contributed by atoms with van der Waals surface area (Å²) in [5, 5.41) is 10.2. The average Bonchev–Trinajstić information content (AvgIpc) is 2.16. The molecule has 3 nitrogen and oxygen atoms in total. The summed E-state index contributed by atoms with van der Waals surface area (Å²) in [6.45, 7) is 1.67. The summed E-state index contributed by atoms with van der Waals surface area (Å²) in [5.74, 6) is 0. The Labute approximate surface area is 80.6 Å². The zero-order valence-corrected chi connectivity index (χ0v) is 7.73. The zero-order valence-electron chi connectivity index (χ0n) is 7.73. The molecule has 1 aromatic carbocycles. The Hall–Kier alpha value is -1.61. The van der Waals surface area contributed by atoms with Gasteiger partial charge in [-0.2, -0.15) is 0 Å². The summed E-state index contributed by atoms with van der Waals surface area (Å²) in [6.07, 6.45) is -0.551. The van der Waals surface area contributed by atoms with Gasteiger partial charge in [-0.3, -0.25) is 0 Å². The van der Waals surface area contributed by atoms with E-state index in [0.717, 1.165) is 10.9 Å². The molecular weight excluding hydrogens is 180 g/mol. The van der Waals surface area contributed by atoms with Crippen molar-refractivity contribution in [3.63, 3.8) is 0 Å². The molecule has 1 heterocycles. The topological polar surface area (TPSA) is 50.4 Å². The van der Waals surface area contributed by atoms with Crippen LogP contribution < -0.4 is 5.63 Å². The maximum atomic E-state index is 10.9. The first-order chi connectivity index (χ1) is 6.66. The Morgan fingerprint density at radius 1 is 1.29 bits per heavy atom. The predicted molar refractivity (Wildman–Crippen MR) is 53.1 cm³/mol. The van der Waals surface area contributed by atoms with Gasteiger partial charge in [0.15, 0.2) is 0 Å². The molecule has 14 heavy (non-hydrogen) atoms. The smallest absolute Gasteiger partial charge is 0.336 e. The van der Waals surface area contributed by atoms with Crippen LogP contribution in [0, 0.1) is 0 Å². The van der Waals surface area contributed by atoms with Crippen LogP contribution in [0.1, 0.15) is 18.6 Å². The molecule has 0 aliphatic heterocycles. The molecule has 3 heteroatoms. The van der Waals surface area contributed by atoms with E-state index >= 15 is 0 Å². The number of hydrogen-bond donors (Lipinski definition) is 1. The first-order valence-corrected chi connectivity index (χ1v) is 4.39. The van der Waals surface area contributed by atoms with Gasteiger partial charge in [0.05, 0.1) is 6.10 Å². The molecule has 0 bridgehead atoms. The number of benzene rings is 1. The lowest BCUT2D eigenvalue weighted by Gasteiger charge is -2.04. The predicted octanol–water partition coefficient (Wildman–Crippen LogP) is 1.85. The minimum atomic E-state index is -0.551. The average molecular weight is 190 g/mol. The number of aliphatic hydroxyl groups excluding tert-OH is 1. The molecule has 0 spiro atoms. The van der Waals surface area contributed by atoms with Gasteiger partial charge >= 0.3 is 5.63 Å². The fraction of sp³-hybridized carbons (Fsp3) is 0.182. The second-order valence-corrected chi connectivity index (χ2v) is 3.23. The van der Waals surface area contributed by atoms with Crippen molar-refractivity contribution in [2.24, 2.45) is 0 Å². The van der Waals surface area contributed by atoms with E-state index in [9.17, 15) is 9.90 Å². The highest BCUT2D eigenvalue weighted by Gasteiger charge is 2.03. The lowest BCUT2D eigenvalue weighted by atomic mass is 10.1. The minimum Gasteiger partial charge on any atom is -0.423 e. The molecule has 0 amide bonds. The third-order valence-corrected chi connectivity index (χ3v) is 2.13. The first kappa shape index (κ1) is 8.97. The van der Waals surface area contributed by atoms with Crippen LogP contribution in [0.5, 0.6) is 0 Å². The molecule has 1 atom stereocenters. The van der Waals surface area contributed by atoms with Crippen molar-refractivity contribution in [1.82, 2.24) is 0 Å². The Morgan fingerprint density at radius 3 is 2.71 bits per heavy atom. The molecule has 1 unspecified atom stereocenters. The van der Waals surface area contributed by atoms with Crippen molar-refractivity contribution in [3.05, 3.63) is 46.3 Å². The summed E-state index contributed by atoms with van der Waals surface area (Å²) in [6, 6.07) is 8.39. The highest BCUT2D eigenvalue weighted by Crippen LogP contribution is 2.18. The molecule has 0 radical (unpaired) electrons. The van der Waals surface area contributed by atoms with Crippen LogP contribution in [0.25, 0.3) is 11.0 Å². The highest BCUT2D eigenvalue weighted by molar-refractivity contribution is 5.76. The van der Waals surface area contributed by atoms with Crippen molar-refractivity contribution < 1.29 is 9.52 Å². The van der Waals surface area contributed by atoms with Gasteiger partial charge in [0.1, 0.15) is 5.58 Å². The van der Waals surface area contributed by atoms with E-state index in [-0.39, 0.29) is 5.63 Å². The van der Waals surface area contributed by atoms with Crippen LogP contribution in [0.15, 0.2) is 39.5 Å². The molecular formula is C11H10O3. The maximum absolute atomic E-state index is 10.9. The lowest BCUT2D eigenvalue weighted by Crippen LogP contribution is -1.96. The molecule has 2 rings (SSSR count). The third kappa shape index (κ3) is 1.54. The number of hydrogen-bond acceptors (Lipinski definition) is 3. The van der Waals surface area contributed by atoms with Crippen LogP contribution in [-0.4, -0.2) is 5.11 Å². The van der Waals surface area contributed by atoms with Gasteiger partial charge in [-0.15, -0.1) is 0 Å². The molecule has 72 valence electrons. The number of aliphatic hydroxyl groups is 1. The summed E-state index contributed by atoms with van der Waals surface area (Å²) in [7, 11) is 0. The van der Waals surface area contributed by atoms with Crippen LogP contribution in [-0.2, 0) is 0 Å². The molecule has 2 aromatic rings. The zero-order chi connectivity index (χ0) is 10.1. The highest BCUT2D eigenvalue weighted by atomic mass is 16.4. The van der Waals surface area contributed by atoms with Gasteiger partial charge < -0.3 is 9.52 Å². The van der Waals surface area contributed by atoms with E-state index in [1.807, 2.05) is 12.1 Å². The van der Waals surface area contributed by atoms with Gasteiger partial charge in [0.25, 0.3) is 0 Å². The SMILES string of the molecule is CC(O)c1ccc2ccc(=O)oc2c1. The van der Waals surface area contributed by atoms with Crippen molar-refractivity contribution >= 4 is 11.0 Å². The first-order valence-electron chi connectivity index (χ1n) is 4.39. The molecule has 0 saturated heterocycles. The normalized spacial score (nSPS) is 13.0. The van der Waals surface area contributed by atoms with Crippen molar-refractivity contribution in [3.8, 4) is 0 Å². The van der Waals surface area contributed by atoms with E-state index in [2.05, 4.69) is 0 Å². The quantitative estimate of drug-likeness (QED) is 0.698. The molecule has 1 aromatic heterocycles. The summed E-state index contributed by atoms with van der Waals surface area (Å²) >= 11 is 0. The van der Waals surface area contributed by atoms with Crippen LogP contribution in [0.3, 0.4) is 0 Å². The Bertz CT molecular complexity index is 511. The summed E-state index contributed by atoms with van der Waals surface area (Å²) < 4.78 is 4.99. The van der Waals surface area contributed by atoms with Crippen LogP contribution >= 0.6 is 0 Å². The van der Waals surface area contributed by atoms with Gasteiger partial charge in [-0.25, -0.2) is 4.79 Å². The largest absolute Gasteiger partial charge is 0.423 e. The second kappa shape index (κ2) is 3.27. The van der Waals surface area contributed by atoms with Crippen molar-refractivity contribution in [2.75, 3.05) is 0 Å². The van der Waals surface area contributed by atoms with Gasteiger partial charge in [-0.1, -0.05) is 12.1 Å². The third-order valence-electron chi connectivity index (χ3n) is 2.13. The van der Waals surface area contributed by atoms with E-state index in [0.29, 0.717) is 5.58 Å². The maximum Gasteiger partial charge on any atom is 0.336 e. The van der Waals surface area contributed by atoms with E-state index in [4.69, 9.17) is 4.42 Å². The number of fused-ring (bicyclic) bond motifs is 1. The minimum absolute atomic E-state index is 0.375. The van der Waals surface area contributed by atoms with Crippen LogP contribution in [0.2, 0.25) is 0 Å². The Kier molecular flexibility index (Phi) is 2.09. The fourth-order valence-electron chi connectivity index (χ4n) is 1.34. The Morgan fingerprint density at radius 2 is 2.00 bits per heavy atom. The molecule has 0 aliphatic carbocycles. The molecule has 0 saturated carbocycles. The number of rotatable bonds is 1. The van der Waals surface area contributed by atoms with Gasteiger partial charge in [-0.05, 0) is 24.6 Å². The summed E-state index contributed by atoms with van der Waals surface area (Å²) in [4.78, 5) is 10.9. The van der Waals surface area contributed by atoms with Gasteiger partial charge in [0, 0.05) is 11.5 Å². The monoisotopic (exact) mass is 190 g/mol. The van der Waals surface area contributed by atoms with Crippen LogP contribution in [0.4, 0.5) is 0 Å². The van der Waals surface area contributed by atoms with Crippen molar-refractivity contribution in [2.45, 2.75) is 13.0 Å². The second-order valence-electron chi connectivity index (χ2n) is 3.23. The fourth-order valence-corrected chi connectivity index (χ4v) is 1.34. The molecule has 0 fully saturated rings. The van der Waals surface area contributed by atoms with E-state index in [1.54, 1.807) is 19.1 Å². The molecule has 1 N–H and O–H groups in total.